The Morgan fingerprint density at radius 2 is 2.21 bits per heavy atom. The fourth-order valence-corrected chi connectivity index (χ4v) is 4.10. The van der Waals surface area contributed by atoms with Crippen molar-refractivity contribution in [3.63, 3.8) is 0 Å². The van der Waals surface area contributed by atoms with Crippen LogP contribution < -0.4 is 4.87 Å². The van der Waals surface area contributed by atoms with Crippen molar-refractivity contribution in [3.05, 3.63) is 45.1 Å². The molecule has 4 nitrogen and oxygen atoms in total. The Morgan fingerprint density at radius 1 is 1.38 bits per heavy atom. The lowest BCUT2D eigenvalue weighted by molar-refractivity contribution is -0.135. The average molecular weight is 348 g/mol. The van der Waals surface area contributed by atoms with Crippen LogP contribution in [-0.4, -0.2) is 28.0 Å². The van der Waals surface area contributed by atoms with Crippen LogP contribution in [0.5, 0.6) is 0 Å². The third kappa shape index (κ3) is 3.43. The molecule has 0 spiro atoms. The first kappa shape index (κ1) is 16.9. The molecule has 1 saturated heterocycles. The van der Waals surface area contributed by atoms with Gasteiger partial charge in [-0.25, -0.2) is 4.39 Å². The van der Waals surface area contributed by atoms with Crippen LogP contribution in [0, 0.1) is 5.82 Å². The summed E-state index contributed by atoms with van der Waals surface area (Å²) in [5.74, 6) is -0.384. The van der Waals surface area contributed by atoms with Crippen LogP contribution in [-0.2, 0) is 11.3 Å². The second-order valence-corrected chi connectivity index (χ2v) is 6.95. The molecule has 3 rings (SSSR count). The van der Waals surface area contributed by atoms with Crippen molar-refractivity contribution in [1.82, 2.24) is 9.47 Å². The van der Waals surface area contributed by atoms with Crippen LogP contribution in [0.1, 0.15) is 32.6 Å². The smallest absolute Gasteiger partial charge is 0.308 e. The monoisotopic (exact) mass is 348 g/mol. The number of benzene rings is 1. The minimum atomic E-state index is -0.355. The number of thiazole rings is 1. The number of carbonyl (C=O) groups excluding carboxylic acids is 1. The van der Waals surface area contributed by atoms with Crippen LogP contribution in [0.4, 0.5) is 4.39 Å². The van der Waals surface area contributed by atoms with Gasteiger partial charge in [0.1, 0.15) is 12.4 Å². The maximum atomic E-state index is 13.5. The zero-order chi connectivity index (χ0) is 17.1. The highest BCUT2D eigenvalue weighted by Crippen LogP contribution is 2.23. The molecule has 0 saturated carbocycles. The van der Waals surface area contributed by atoms with E-state index in [9.17, 15) is 14.0 Å². The second kappa shape index (κ2) is 7.30. The number of hydrogen-bond donors (Lipinski definition) is 0. The molecule has 0 aliphatic carbocycles. The van der Waals surface area contributed by atoms with E-state index in [0.717, 1.165) is 43.6 Å². The molecule has 1 aromatic carbocycles. The highest BCUT2D eigenvalue weighted by atomic mass is 32.1. The SMILES string of the molecule is CCC1CCCCN1C(=O)Cn1c(-c2cccc(F)c2)csc1=O. The molecule has 128 valence electrons. The van der Waals surface area contributed by atoms with Gasteiger partial charge in [-0.05, 0) is 37.8 Å². The summed E-state index contributed by atoms with van der Waals surface area (Å²) in [7, 11) is 0. The maximum Gasteiger partial charge on any atom is 0.308 e. The molecule has 0 radical (unpaired) electrons. The molecular weight excluding hydrogens is 327 g/mol. The molecular formula is C18H21FN2O2S. The number of nitrogens with zero attached hydrogens (tertiary/aromatic N) is 2. The minimum absolute atomic E-state index is 0.0185. The van der Waals surface area contributed by atoms with Crippen LogP contribution in [0.3, 0.4) is 0 Å². The summed E-state index contributed by atoms with van der Waals surface area (Å²) in [6.07, 6.45) is 4.12. The van der Waals surface area contributed by atoms with E-state index in [4.69, 9.17) is 0 Å². The summed E-state index contributed by atoms with van der Waals surface area (Å²) in [5, 5.41) is 1.69. The van der Waals surface area contributed by atoms with Gasteiger partial charge < -0.3 is 4.90 Å². The third-order valence-corrected chi connectivity index (χ3v) is 5.38. The summed E-state index contributed by atoms with van der Waals surface area (Å²) in [4.78, 5) is 26.6. The fraction of sp³-hybridized carbons (Fsp3) is 0.444. The minimum Gasteiger partial charge on any atom is -0.338 e. The van der Waals surface area contributed by atoms with Crippen LogP contribution in [0.15, 0.2) is 34.4 Å². The van der Waals surface area contributed by atoms with E-state index in [1.54, 1.807) is 17.5 Å². The average Bonchev–Trinajstić information content (AvgIpc) is 2.95. The summed E-state index contributed by atoms with van der Waals surface area (Å²) in [6, 6.07) is 6.37. The number of aromatic nitrogens is 1. The standard InChI is InChI=1S/C18H21FN2O2S/c1-2-15-8-3-4-9-20(15)17(22)11-21-16(12-24-18(21)23)13-6-5-7-14(19)10-13/h5-7,10,12,15H,2-4,8-9,11H2,1H3. The van der Waals surface area contributed by atoms with Gasteiger partial charge in [0.05, 0.1) is 5.69 Å². The molecule has 0 N–H and O–H groups in total. The predicted molar refractivity (Wildman–Crippen MR) is 93.6 cm³/mol. The van der Waals surface area contributed by atoms with E-state index in [0.29, 0.717) is 11.3 Å². The zero-order valence-corrected chi connectivity index (χ0v) is 14.5. The first-order valence-electron chi connectivity index (χ1n) is 8.34. The molecule has 1 atom stereocenters. The molecule has 1 aromatic heterocycles. The van der Waals surface area contributed by atoms with Crippen LogP contribution in [0.25, 0.3) is 11.3 Å². The van der Waals surface area contributed by atoms with Crippen molar-refractivity contribution in [2.45, 2.75) is 45.2 Å². The summed E-state index contributed by atoms with van der Waals surface area (Å²) in [6.45, 7) is 2.86. The Morgan fingerprint density at radius 3 is 2.96 bits per heavy atom. The first-order chi connectivity index (χ1) is 11.6. The number of rotatable bonds is 4. The lowest BCUT2D eigenvalue weighted by atomic mass is 10.00. The number of piperidine rings is 1. The van der Waals surface area contributed by atoms with E-state index in [1.807, 2.05) is 4.90 Å². The van der Waals surface area contributed by atoms with E-state index in [-0.39, 0.29) is 29.2 Å². The van der Waals surface area contributed by atoms with Gasteiger partial charge in [0.2, 0.25) is 5.91 Å². The van der Waals surface area contributed by atoms with Crippen molar-refractivity contribution in [2.75, 3.05) is 6.54 Å². The summed E-state index contributed by atoms with van der Waals surface area (Å²) < 4.78 is 14.9. The van der Waals surface area contributed by atoms with Gasteiger partial charge in [-0.2, -0.15) is 0 Å². The number of likely N-dealkylation sites (tertiary alicyclic amines) is 1. The van der Waals surface area contributed by atoms with Crippen LogP contribution >= 0.6 is 11.3 Å². The molecule has 1 aliphatic heterocycles. The number of carbonyl (C=O) groups is 1. The van der Waals surface area contributed by atoms with Gasteiger partial charge in [-0.3, -0.25) is 14.2 Å². The molecule has 2 aromatic rings. The van der Waals surface area contributed by atoms with Crippen molar-refractivity contribution < 1.29 is 9.18 Å². The number of hydrogen-bond acceptors (Lipinski definition) is 3. The Kier molecular flexibility index (Phi) is 5.14. The maximum absolute atomic E-state index is 13.5. The van der Waals surface area contributed by atoms with Gasteiger partial charge in [0.15, 0.2) is 0 Å². The van der Waals surface area contributed by atoms with Gasteiger partial charge in [-0.15, -0.1) is 0 Å². The van der Waals surface area contributed by atoms with Crippen molar-refractivity contribution in [2.24, 2.45) is 0 Å². The fourth-order valence-electron chi connectivity index (χ4n) is 3.33. The van der Waals surface area contributed by atoms with Gasteiger partial charge in [-0.1, -0.05) is 30.4 Å². The van der Waals surface area contributed by atoms with E-state index >= 15 is 0 Å². The van der Waals surface area contributed by atoms with Crippen molar-refractivity contribution in [1.29, 1.82) is 0 Å². The van der Waals surface area contributed by atoms with Gasteiger partial charge in [0, 0.05) is 23.5 Å². The Labute approximate surface area is 144 Å². The Balaban J connectivity index is 1.86. The highest BCUT2D eigenvalue weighted by Gasteiger charge is 2.26. The van der Waals surface area contributed by atoms with E-state index in [1.165, 1.54) is 16.7 Å². The van der Waals surface area contributed by atoms with Crippen molar-refractivity contribution in [3.8, 4) is 11.3 Å². The third-order valence-electron chi connectivity index (χ3n) is 4.62. The highest BCUT2D eigenvalue weighted by molar-refractivity contribution is 7.07. The topological polar surface area (TPSA) is 42.3 Å². The molecule has 6 heteroatoms. The zero-order valence-electron chi connectivity index (χ0n) is 13.7. The molecule has 0 bridgehead atoms. The van der Waals surface area contributed by atoms with Gasteiger partial charge >= 0.3 is 4.87 Å². The quantitative estimate of drug-likeness (QED) is 0.848. The number of halogens is 1. The largest absolute Gasteiger partial charge is 0.338 e. The van der Waals surface area contributed by atoms with E-state index in [2.05, 4.69) is 6.92 Å². The molecule has 24 heavy (non-hydrogen) atoms. The molecule has 1 amide bonds. The Hall–Kier alpha value is -1.95. The first-order valence-corrected chi connectivity index (χ1v) is 9.22. The molecule has 1 fully saturated rings. The van der Waals surface area contributed by atoms with Crippen LogP contribution in [0.2, 0.25) is 0 Å². The Bertz CT molecular complexity index is 783. The van der Waals surface area contributed by atoms with Gasteiger partial charge in [0.25, 0.3) is 0 Å². The second-order valence-electron chi connectivity index (χ2n) is 6.13. The molecule has 2 heterocycles. The molecule has 1 unspecified atom stereocenters. The summed E-state index contributed by atoms with van der Waals surface area (Å²) >= 11 is 1.04. The molecule has 1 aliphatic rings. The summed E-state index contributed by atoms with van der Waals surface area (Å²) in [5.41, 5.74) is 1.22. The lowest BCUT2D eigenvalue weighted by Gasteiger charge is -2.35. The number of amides is 1. The van der Waals surface area contributed by atoms with E-state index < -0.39 is 0 Å². The lowest BCUT2D eigenvalue weighted by Crippen LogP contribution is -2.45. The normalized spacial score (nSPS) is 17.9. The predicted octanol–water partition coefficient (Wildman–Crippen LogP) is 3.51. The van der Waals surface area contributed by atoms with Crippen molar-refractivity contribution >= 4 is 17.2 Å².